The lowest BCUT2D eigenvalue weighted by molar-refractivity contribution is -0.619. The van der Waals surface area contributed by atoms with Gasteiger partial charge in [0.1, 0.15) is 5.56 Å². The number of carboxylic acid groups (broad SMARTS) is 1. The van der Waals surface area contributed by atoms with Gasteiger partial charge < -0.3 is 10.3 Å². The maximum absolute atomic E-state index is 11.1. The molecule has 0 atom stereocenters. The van der Waals surface area contributed by atoms with Crippen molar-refractivity contribution in [3.8, 4) is 0 Å². The highest BCUT2D eigenvalue weighted by atomic mass is 16.5. The molecule has 0 amide bonds. The first-order valence-electron chi connectivity index (χ1n) is 3.47. The zero-order valence-corrected chi connectivity index (χ0v) is 6.87. The summed E-state index contributed by atoms with van der Waals surface area (Å²) in [5, 5.41) is 19.8. The lowest BCUT2D eigenvalue weighted by Gasteiger charge is -2.05. The number of aryl methyl sites for hydroxylation is 1. The van der Waals surface area contributed by atoms with E-state index in [0.717, 1.165) is 0 Å². The van der Waals surface area contributed by atoms with Crippen LogP contribution in [-0.2, 0) is 0 Å². The van der Waals surface area contributed by atoms with Gasteiger partial charge in [-0.3, -0.25) is 0 Å². The molecule has 1 aromatic rings. The Hall–Kier alpha value is -1.58. The molecule has 0 aliphatic carbocycles. The molecule has 0 fully saturated rings. The van der Waals surface area contributed by atoms with Crippen LogP contribution in [0.4, 0.5) is 0 Å². The molecular formula is C8H9NO3. The van der Waals surface area contributed by atoms with Gasteiger partial charge in [-0.05, 0) is 6.07 Å². The molecule has 1 N–H and O–H groups in total. The summed E-state index contributed by atoms with van der Waals surface area (Å²) < 4.78 is 0.615. The SMILES string of the molecule is Cc1ccc(C(=O)O)c(C)[n+]1[O-]. The molecule has 0 aliphatic heterocycles. The summed E-state index contributed by atoms with van der Waals surface area (Å²) in [7, 11) is 0. The maximum atomic E-state index is 11.1. The zero-order valence-electron chi connectivity index (χ0n) is 6.87. The standard InChI is InChI=1S/C8H9NO3/c1-5-3-4-7(8(10)11)6(2)9(5)12/h3-4H,1-2H3,(H,10,11). The number of carbonyl (C=O) groups is 1. The Labute approximate surface area is 69.7 Å². The summed E-state index contributed by atoms with van der Waals surface area (Å²) in [6.45, 7) is 3.12. The molecule has 0 radical (unpaired) electrons. The summed E-state index contributed by atoms with van der Waals surface area (Å²) >= 11 is 0. The van der Waals surface area contributed by atoms with Gasteiger partial charge in [-0.25, -0.2) is 4.79 Å². The van der Waals surface area contributed by atoms with Crippen molar-refractivity contribution in [3.05, 3.63) is 34.3 Å². The monoisotopic (exact) mass is 167 g/mol. The first kappa shape index (κ1) is 8.52. The van der Waals surface area contributed by atoms with E-state index in [4.69, 9.17) is 5.11 Å². The van der Waals surface area contributed by atoms with Crippen LogP contribution in [0.5, 0.6) is 0 Å². The fraction of sp³-hybridized carbons (Fsp3) is 0.250. The van der Waals surface area contributed by atoms with Crippen LogP contribution in [-0.4, -0.2) is 11.1 Å². The number of nitrogens with zero attached hydrogens (tertiary/aromatic N) is 1. The molecule has 12 heavy (non-hydrogen) atoms. The summed E-state index contributed by atoms with van der Waals surface area (Å²) in [6.07, 6.45) is 0. The number of aromatic carboxylic acids is 1. The fourth-order valence-corrected chi connectivity index (χ4v) is 0.992. The van der Waals surface area contributed by atoms with Crippen molar-refractivity contribution in [2.75, 3.05) is 0 Å². The van der Waals surface area contributed by atoms with Gasteiger partial charge in [-0.1, -0.05) is 0 Å². The van der Waals surface area contributed by atoms with E-state index in [1.54, 1.807) is 6.92 Å². The Morgan fingerprint density at radius 2 is 2.08 bits per heavy atom. The van der Waals surface area contributed by atoms with Crippen LogP contribution in [0.15, 0.2) is 12.1 Å². The minimum absolute atomic E-state index is 0.0515. The van der Waals surface area contributed by atoms with Crippen LogP contribution in [0.3, 0.4) is 0 Å². The van der Waals surface area contributed by atoms with Crippen molar-refractivity contribution in [1.82, 2.24) is 0 Å². The normalized spacial score (nSPS) is 9.83. The Morgan fingerprint density at radius 1 is 1.50 bits per heavy atom. The topological polar surface area (TPSA) is 64.2 Å². The number of hydrogen-bond donors (Lipinski definition) is 1. The van der Waals surface area contributed by atoms with E-state index in [-0.39, 0.29) is 11.3 Å². The Bertz CT molecular complexity index is 333. The molecule has 0 unspecified atom stereocenters. The predicted octanol–water partition coefficient (Wildman–Crippen LogP) is 0.635. The largest absolute Gasteiger partial charge is 0.618 e. The van der Waals surface area contributed by atoms with Crippen LogP contribution in [0.1, 0.15) is 21.7 Å². The van der Waals surface area contributed by atoms with Gasteiger partial charge in [0.2, 0.25) is 5.69 Å². The Morgan fingerprint density at radius 3 is 2.58 bits per heavy atom. The summed E-state index contributed by atoms with van der Waals surface area (Å²) in [5.74, 6) is -1.07. The second kappa shape index (κ2) is 2.81. The number of rotatable bonds is 1. The second-order valence-electron chi connectivity index (χ2n) is 2.57. The highest BCUT2D eigenvalue weighted by Crippen LogP contribution is 2.03. The summed E-state index contributed by atoms with van der Waals surface area (Å²) in [6, 6.07) is 2.92. The number of pyridine rings is 1. The maximum Gasteiger partial charge on any atom is 0.342 e. The summed E-state index contributed by atoms with van der Waals surface area (Å²) in [4.78, 5) is 10.5. The van der Waals surface area contributed by atoms with Gasteiger partial charge in [0, 0.05) is 19.9 Å². The second-order valence-corrected chi connectivity index (χ2v) is 2.57. The smallest absolute Gasteiger partial charge is 0.342 e. The minimum atomic E-state index is -1.07. The molecule has 64 valence electrons. The molecule has 4 heteroatoms. The fourth-order valence-electron chi connectivity index (χ4n) is 0.992. The van der Waals surface area contributed by atoms with Crippen LogP contribution < -0.4 is 4.73 Å². The number of carboxylic acids is 1. The van der Waals surface area contributed by atoms with E-state index >= 15 is 0 Å². The zero-order chi connectivity index (χ0) is 9.30. The molecule has 1 aromatic heterocycles. The van der Waals surface area contributed by atoms with Crippen LogP contribution in [0.25, 0.3) is 0 Å². The van der Waals surface area contributed by atoms with E-state index in [9.17, 15) is 10.0 Å². The van der Waals surface area contributed by atoms with E-state index in [1.807, 2.05) is 0 Å². The van der Waals surface area contributed by atoms with Crippen molar-refractivity contribution in [2.45, 2.75) is 13.8 Å². The van der Waals surface area contributed by atoms with Crippen LogP contribution in [0, 0.1) is 19.1 Å². The van der Waals surface area contributed by atoms with Gasteiger partial charge in [-0.2, -0.15) is 4.73 Å². The molecule has 0 saturated carbocycles. The first-order chi connectivity index (χ1) is 5.54. The van der Waals surface area contributed by atoms with Gasteiger partial charge >= 0.3 is 5.97 Å². The molecule has 0 aromatic carbocycles. The van der Waals surface area contributed by atoms with E-state index < -0.39 is 5.97 Å². The molecule has 1 rings (SSSR count). The third-order valence-corrected chi connectivity index (χ3v) is 1.74. The molecule has 0 aliphatic rings. The van der Waals surface area contributed by atoms with E-state index in [2.05, 4.69) is 0 Å². The third kappa shape index (κ3) is 1.23. The predicted molar refractivity (Wildman–Crippen MR) is 41.8 cm³/mol. The Balaban J connectivity index is 3.36. The highest BCUT2D eigenvalue weighted by molar-refractivity contribution is 5.88. The quantitative estimate of drug-likeness (QED) is 0.493. The van der Waals surface area contributed by atoms with Crippen molar-refractivity contribution in [2.24, 2.45) is 0 Å². The molecule has 0 saturated heterocycles. The molecule has 1 heterocycles. The van der Waals surface area contributed by atoms with Crippen molar-refractivity contribution < 1.29 is 14.6 Å². The minimum Gasteiger partial charge on any atom is -0.618 e. The number of hydrogen-bond acceptors (Lipinski definition) is 2. The molecule has 0 spiro atoms. The van der Waals surface area contributed by atoms with Crippen LogP contribution >= 0.6 is 0 Å². The third-order valence-electron chi connectivity index (χ3n) is 1.74. The van der Waals surface area contributed by atoms with E-state index in [1.165, 1.54) is 19.1 Å². The summed E-state index contributed by atoms with van der Waals surface area (Å²) in [5.41, 5.74) is 0.774. The molecule has 0 bridgehead atoms. The van der Waals surface area contributed by atoms with Crippen molar-refractivity contribution in [1.29, 1.82) is 0 Å². The van der Waals surface area contributed by atoms with E-state index in [0.29, 0.717) is 10.4 Å². The molecule has 4 nitrogen and oxygen atoms in total. The average molecular weight is 167 g/mol. The van der Waals surface area contributed by atoms with Crippen LogP contribution in [0.2, 0.25) is 0 Å². The average Bonchev–Trinajstić information content (AvgIpc) is 2.00. The lowest BCUT2D eigenvalue weighted by atomic mass is 10.2. The van der Waals surface area contributed by atoms with Crippen molar-refractivity contribution >= 4 is 5.97 Å². The first-order valence-corrected chi connectivity index (χ1v) is 3.47. The number of aromatic nitrogens is 1. The molecular weight excluding hydrogens is 158 g/mol. The van der Waals surface area contributed by atoms with Gasteiger partial charge in [-0.15, -0.1) is 0 Å². The van der Waals surface area contributed by atoms with Gasteiger partial charge in [0.25, 0.3) is 0 Å². The Kier molecular flexibility index (Phi) is 1.99. The van der Waals surface area contributed by atoms with Gasteiger partial charge in [0.05, 0.1) is 0 Å². The van der Waals surface area contributed by atoms with Gasteiger partial charge in [0.15, 0.2) is 5.69 Å². The lowest BCUT2D eigenvalue weighted by Crippen LogP contribution is -2.35. The highest BCUT2D eigenvalue weighted by Gasteiger charge is 2.14. The van der Waals surface area contributed by atoms with Crippen molar-refractivity contribution in [3.63, 3.8) is 0 Å².